The lowest BCUT2D eigenvalue weighted by Crippen LogP contribution is -2.29. The third-order valence-electron chi connectivity index (χ3n) is 5.75. The van der Waals surface area contributed by atoms with E-state index in [4.69, 9.17) is 16.6 Å². The summed E-state index contributed by atoms with van der Waals surface area (Å²) in [5.41, 5.74) is 3.92. The molecule has 36 heavy (non-hydrogen) atoms. The van der Waals surface area contributed by atoms with Gasteiger partial charge in [-0.1, -0.05) is 53.7 Å². The number of aliphatic imine (C=N–C) groups is 1. The number of benzene rings is 3. The smallest absolute Gasteiger partial charge is 0.269 e. The van der Waals surface area contributed by atoms with Crippen LogP contribution in [-0.2, 0) is 11.3 Å². The van der Waals surface area contributed by atoms with Gasteiger partial charge in [-0.25, -0.2) is 4.99 Å². The minimum atomic E-state index is -0.0997. The second-order valence-corrected chi connectivity index (χ2v) is 10.6. The molecule has 0 aromatic heterocycles. The lowest BCUT2D eigenvalue weighted by Gasteiger charge is -2.17. The van der Waals surface area contributed by atoms with E-state index in [2.05, 4.69) is 11.4 Å². The molecule has 9 heteroatoms. The molecule has 2 aliphatic heterocycles. The molecule has 3 aromatic carbocycles. The first-order valence-electron chi connectivity index (χ1n) is 11.3. The average molecular weight is 532 g/mol. The van der Waals surface area contributed by atoms with E-state index in [-0.39, 0.29) is 5.91 Å². The Kier molecular flexibility index (Phi) is 6.97. The number of amidine groups is 1. The molecule has 0 bridgehead atoms. The Bertz CT molecular complexity index is 1450. The molecule has 1 saturated heterocycles. The molecule has 0 atom stereocenters. The summed E-state index contributed by atoms with van der Waals surface area (Å²) in [7, 11) is 1.95. The summed E-state index contributed by atoms with van der Waals surface area (Å²) >= 11 is 9.15. The largest absolute Gasteiger partial charge is 0.384 e. The van der Waals surface area contributed by atoms with Crippen molar-refractivity contribution in [3.05, 3.63) is 92.8 Å². The molecule has 0 saturated carbocycles. The van der Waals surface area contributed by atoms with Crippen molar-refractivity contribution in [3.8, 4) is 6.07 Å². The molecule has 0 aliphatic carbocycles. The lowest BCUT2D eigenvalue weighted by molar-refractivity contribution is -0.122. The summed E-state index contributed by atoms with van der Waals surface area (Å²) in [6.07, 6.45) is 0. The van der Waals surface area contributed by atoms with E-state index in [1.165, 1.54) is 11.8 Å². The Labute approximate surface area is 223 Å². The summed E-state index contributed by atoms with van der Waals surface area (Å²) in [6, 6.07) is 23.1. The molecule has 1 fully saturated rings. The molecule has 180 valence electrons. The fourth-order valence-electron chi connectivity index (χ4n) is 3.98. The average Bonchev–Trinajstić information content (AvgIpc) is 3.37. The van der Waals surface area contributed by atoms with Crippen molar-refractivity contribution in [2.75, 3.05) is 23.8 Å². The fourth-order valence-corrected chi connectivity index (χ4v) is 6.46. The van der Waals surface area contributed by atoms with Gasteiger partial charge >= 0.3 is 0 Å². The number of fused-ring (bicyclic) bond motifs is 1. The maximum atomic E-state index is 13.8. The van der Waals surface area contributed by atoms with Gasteiger partial charge in [0.1, 0.15) is 4.91 Å². The van der Waals surface area contributed by atoms with Crippen LogP contribution in [0.15, 0.2) is 86.6 Å². The Morgan fingerprint density at radius 3 is 2.64 bits per heavy atom. The normalized spacial score (nSPS) is 18.1. The summed E-state index contributed by atoms with van der Waals surface area (Å²) in [4.78, 5) is 24.1. The fraction of sp³-hybridized carbons (Fsp3) is 0.148. The zero-order chi connectivity index (χ0) is 25.2. The molecule has 0 spiro atoms. The highest BCUT2D eigenvalue weighted by atomic mass is 35.5. The number of thioether (sulfide) groups is 2. The second kappa shape index (κ2) is 10.3. The Balaban J connectivity index is 1.59. The SMILES string of the molecule is CCNc1ccc(C#N)cc1N=C1S/C(=C2\Sc3ccc(Cl)cc3N2C)C(=O)N1Cc1ccccc1. The first kappa shape index (κ1) is 24.3. The van der Waals surface area contributed by atoms with Crippen LogP contribution in [0.2, 0.25) is 5.02 Å². The molecular weight excluding hydrogens is 510 g/mol. The predicted octanol–water partition coefficient (Wildman–Crippen LogP) is 6.82. The molecule has 1 N–H and O–H groups in total. The van der Waals surface area contributed by atoms with Gasteiger partial charge in [0.2, 0.25) is 0 Å². The van der Waals surface area contributed by atoms with Crippen LogP contribution in [0.4, 0.5) is 17.1 Å². The van der Waals surface area contributed by atoms with Crippen molar-refractivity contribution in [1.29, 1.82) is 5.26 Å². The second-order valence-electron chi connectivity index (χ2n) is 8.15. The Morgan fingerprint density at radius 2 is 1.89 bits per heavy atom. The Morgan fingerprint density at radius 1 is 1.08 bits per heavy atom. The summed E-state index contributed by atoms with van der Waals surface area (Å²) < 4.78 is 0. The number of rotatable bonds is 5. The number of nitrogens with one attached hydrogen (secondary N) is 1. The van der Waals surface area contributed by atoms with Gasteiger partial charge in [0.05, 0.1) is 40.3 Å². The molecule has 0 unspecified atom stereocenters. The minimum absolute atomic E-state index is 0.0997. The van der Waals surface area contributed by atoms with Crippen LogP contribution < -0.4 is 10.2 Å². The predicted molar refractivity (Wildman–Crippen MR) is 150 cm³/mol. The van der Waals surface area contributed by atoms with E-state index in [0.29, 0.717) is 39.4 Å². The number of hydrogen-bond acceptors (Lipinski definition) is 7. The van der Waals surface area contributed by atoms with Gasteiger partial charge in [-0.3, -0.25) is 9.69 Å². The van der Waals surface area contributed by atoms with Crippen LogP contribution in [-0.4, -0.2) is 29.6 Å². The number of nitriles is 1. The monoisotopic (exact) mass is 531 g/mol. The Hall–Kier alpha value is -3.38. The van der Waals surface area contributed by atoms with Gasteiger partial charge in [-0.15, -0.1) is 0 Å². The number of carbonyl (C=O) groups excluding carboxylic acids is 1. The molecule has 3 aromatic rings. The van der Waals surface area contributed by atoms with Crippen LogP contribution in [0, 0.1) is 11.3 Å². The van der Waals surface area contributed by atoms with Crippen molar-refractivity contribution in [2.45, 2.75) is 18.4 Å². The number of carbonyl (C=O) groups is 1. The standard InChI is InChI=1S/C27H22ClN5OS2/c1-3-30-20-11-9-18(15-29)13-21(20)31-27-33(16-17-7-5-4-6-8-17)25(34)24(36-27)26-32(2)22-14-19(28)10-12-23(22)35-26/h4-14,30H,3,16H2,1-2H3/b26-24-,31-27?. The number of hydrogen-bond donors (Lipinski definition) is 1. The van der Waals surface area contributed by atoms with Gasteiger partial charge in [0.15, 0.2) is 5.17 Å². The van der Waals surface area contributed by atoms with Crippen molar-refractivity contribution in [3.63, 3.8) is 0 Å². The number of halogens is 1. The third kappa shape index (κ3) is 4.70. The molecular formula is C27H22ClN5OS2. The molecule has 5 rings (SSSR count). The van der Waals surface area contributed by atoms with Crippen LogP contribution in [0.1, 0.15) is 18.1 Å². The summed E-state index contributed by atoms with van der Waals surface area (Å²) in [6.45, 7) is 3.11. The van der Waals surface area contributed by atoms with Crippen LogP contribution in [0.25, 0.3) is 0 Å². The van der Waals surface area contributed by atoms with Gasteiger partial charge in [0.25, 0.3) is 5.91 Å². The third-order valence-corrected chi connectivity index (χ3v) is 8.41. The number of amides is 1. The topological polar surface area (TPSA) is 71.7 Å². The first-order valence-corrected chi connectivity index (χ1v) is 13.4. The van der Waals surface area contributed by atoms with E-state index in [1.807, 2.05) is 73.5 Å². The van der Waals surface area contributed by atoms with Crippen LogP contribution in [0.3, 0.4) is 0 Å². The minimum Gasteiger partial charge on any atom is -0.384 e. The summed E-state index contributed by atoms with van der Waals surface area (Å²) in [5.74, 6) is -0.0997. The van der Waals surface area contributed by atoms with Crippen LogP contribution in [0.5, 0.6) is 0 Å². The lowest BCUT2D eigenvalue weighted by atomic mass is 10.2. The molecule has 6 nitrogen and oxygen atoms in total. The quantitative estimate of drug-likeness (QED) is 0.364. The number of nitrogens with zero attached hydrogens (tertiary/aromatic N) is 4. The van der Waals surface area contributed by atoms with Crippen molar-refractivity contribution in [2.24, 2.45) is 4.99 Å². The van der Waals surface area contributed by atoms with Gasteiger partial charge in [-0.2, -0.15) is 5.26 Å². The highest BCUT2D eigenvalue weighted by molar-refractivity contribution is 8.19. The highest BCUT2D eigenvalue weighted by Crippen LogP contribution is 2.51. The maximum Gasteiger partial charge on any atom is 0.269 e. The molecule has 1 amide bonds. The van der Waals surface area contributed by atoms with Crippen LogP contribution >= 0.6 is 35.1 Å². The highest BCUT2D eigenvalue weighted by Gasteiger charge is 2.39. The number of anilines is 2. The van der Waals surface area contributed by atoms with E-state index in [1.54, 1.807) is 28.8 Å². The van der Waals surface area contributed by atoms with Gasteiger partial charge in [-0.05, 0) is 60.6 Å². The van der Waals surface area contributed by atoms with Gasteiger partial charge in [0, 0.05) is 23.5 Å². The van der Waals surface area contributed by atoms with E-state index in [0.717, 1.165) is 26.9 Å². The summed E-state index contributed by atoms with van der Waals surface area (Å²) in [5, 5.41) is 14.8. The van der Waals surface area contributed by atoms with Crippen molar-refractivity contribution >= 4 is 63.3 Å². The molecule has 0 radical (unpaired) electrons. The van der Waals surface area contributed by atoms with E-state index >= 15 is 0 Å². The maximum absolute atomic E-state index is 13.8. The zero-order valence-corrected chi connectivity index (χ0v) is 22.0. The first-order chi connectivity index (χ1) is 17.5. The molecule has 2 aliphatic rings. The van der Waals surface area contributed by atoms with E-state index in [9.17, 15) is 10.1 Å². The van der Waals surface area contributed by atoms with E-state index < -0.39 is 0 Å². The van der Waals surface area contributed by atoms with Crippen molar-refractivity contribution < 1.29 is 4.79 Å². The van der Waals surface area contributed by atoms with Crippen molar-refractivity contribution in [1.82, 2.24) is 4.90 Å². The molecule has 2 heterocycles. The zero-order valence-electron chi connectivity index (χ0n) is 19.7. The van der Waals surface area contributed by atoms with Gasteiger partial charge < -0.3 is 10.2 Å².